The molecule has 1 aromatic heterocycles. The van der Waals surface area contributed by atoms with Crippen LogP contribution >= 0.6 is 0 Å². The van der Waals surface area contributed by atoms with Crippen LogP contribution in [-0.4, -0.2) is 16.3 Å². The summed E-state index contributed by atoms with van der Waals surface area (Å²) in [4.78, 5) is 0. The van der Waals surface area contributed by atoms with E-state index in [1.165, 1.54) is 37.2 Å². The molecule has 0 aromatic carbocycles. The summed E-state index contributed by atoms with van der Waals surface area (Å²) in [5.74, 6) is 2.05. The Hall–Kier alpha value is -0.990. The van der Waals surface area contributed by atoms with Crippen molar-refractivity contribution in [2.75, 3.05) is 11.9 Å². The third kappa shape index (κ3) is 2.27. The minimum Gasteiger partial charge on any atom is -0.370 e. The van der Waals surface area contributed by atoms with Crippen LogP contribution in [0.5, 0.6) is 0 Å². The molecule has 2 atom stereocenters. The van der Waals surface area contributed by atoms with E-state index >= 15 is 0 Å². The highest BCUT2D eigenvalue weighted by molar-refractivity contribution is 5.40. The number of hydrogen-bond acceptors (Lipinski definition) is 2. The third-order valence-electron chi connectivity index (χ3n) is 4.23. The first kappa shape index (κ1) is 12.1. The Labute approximate surface area is 110 Å². The van der Waals surface area contributed by atoms with E-state index < -0.39 is 0 Å². The average molecular weight is 247 g/mol. The SMILES string of the molecule is CC(C)(C)Cc1cc2n(n1)C1CCCCC1CN2. The molecule has 1 fully saturated rings. The van der Waals surface area contributed by atoms with Crippen molar-refractivity contribution in [1.82, 2.24) is 9.78 Å². The molecular formula is C15H25N3. The molecule has 18 heavy (non-hydrogen) atoms. The molecule has 1 N–H and O–H groups in total. The van der Waals surface area contributed by atoms with Crippen LogP contribution in [0.25, 0.3) is 0 Å². The molecule has 1 aromatic rings. The second-order valence-electron chi connectivity index (χ2n) is 7.20. The second kappa shape index (κ2) is 4.29. The molecule has 2 heterocycles. The molecule has 3 rings (SSSR count). The van der Waals surface area contributed by atoms with Gasteiger partial charge in [-0.3, -0.25) is 0 Å². The Kier molecular flexibility index (Phi) is 2.87. The molecule has 100 valence electrons. The zero-order chi connectivity index (χ0) is 12.8. The number of fused-ring (bicyclic) bond motifs is 3. The van der Waals surface area contributed by atoms with Gasteiger partial charge in [-0.25, -0.2) is 4.68 Å². The second-order valence-corrected chi connectivity index (χ2v) is 7.20. The lowest BCUT2D eigenvalue weighted by Gasteiger charge is -2.36. The topological polar surface area (TPSA) is 29.9 Å². The summed E-state index contributed by atoms with van der Waals surface area (Å²) in [6.07, 6.45) is 6.51. The number of aromatic nitrogens is 2. The van der Waals surface area contributed by atoms with Gasteiger partial charge in [0.25, 0.3) is 0 Å². The largest absolute Gasteiger partial charge is 0.370 e. The molecule has 2 unspecified atom stereocenters. The van der Waals surface area contributed by atoms with Gasteiger partial charge in [-0.2, -0.15) is 5.10 Å². The van der Waals surface area contributed by atoms with E-state index in [1.807, 2.05) is 0 Å². The van der Waals surface area contributed by atoms with Crippen molar-refractivity contribution in [3.8, 4) is 0 Å². The first-order valence-electron chi connectivity index (χ1n) is 7.35. The van der Waals surface area contributed by atoms with E-state index in [-0.39, 0.29) is 0 Å². The Balaban J connectivity index is 1.85. The molecule has 1 aliphatic carbocycles. The van der Waals surface area contributed by atoms with Crippen molar-refractivity contribution in [3.63, 3.8) is 0 Å². The summed E-state index contributed by atoms with van der Waals surface area (Å²) in [6.45, 7) is 7.98. The van der Waals surface area contributed by atoms with Crippen molar-refractivity contribution in [3.05, 3.63) is 11.8 Å². The van der Waals surface area contributed by atoms with E-state index in [0.29, 0.717) is 11.5 Å². The highest BCUT2D eigenvalue weighted by Gasteiger charge is 2.32. The molecule has 1 saturated carbocycles. The molecule has 0 amide bonds. The maximum atomic E-state index is 4.87. The molecule has 3 heteroatoms. The number of hydrogen-bond donors (Lipinski definition) is 1. The molecule has 3 nitrogen and oxygen atoms in total. The minimum atomic E-state index is 0.316. The fourth-order valence-electron chi connectivity index (χ4n) is 3.44. The summed E-state index contributed by atoms with van der Waals surface area (Å²) in [6, 6.07) is 2.92. The zero-order valence-corrected chi connectivity index (χ0v) is 11.9. The summed E-state index contributed by atoms with van der Waals surface area (Å²) in [7, 11) is 0. The van der Waals surface area contributed by atoms with Crippen LogP contribution in [0.2, 0.25) is 0 Å². The van der Waals surface area contributed by atoms with E-state index in [1.54, 1.807) is 0 Å². The minimum absolute atomic E-state index is 0.316. The summed E-state index contributed by atoms with van der Waals surface area (Å²) < 4.78 is 2.29. The van der Waals surface area contributed by atoms with Crippen LogP contribution in [-0.2, 0) is 6.42 Å². The van der Waals surface area contributed by atoms with Crippen molar-refractivity contribution < 1.29 is 0 Å². The maximum Gasteiger partial charge on any atom is 0.124 e. The smallest absolute Gasteiger partial charge is 0.124 e. The van der Waals surface area contributed by atoms with Crippen molar-refractivity contribution >= 4 is 5.82 Å². The lowest BCUT2D eigenvalue weighted by atomic mass is 9.83. The number of nitrogens with one attached hydrogen (secondary N) is 1. The van der Waals surface area contributed by atoms with Gasteiger partial charge in [0.2, 0.25) is 0 Å². The first-order chi connectivity index (χ1) is 8.53. The van der Waals surface area contributed by atoms with E-state index in [0.717, 1.165) is 18.9 Å². The highest BCUT2D eigenvalue weighted by Crippen LogP contribution is 2.39. The Morgan fingerprint density at radius 2 is 2.11 bits per heavy atom. The fraction of sp³-hybridized carbons (Fsp3) is 0.800. The predicted octanol–water partition coefficient (Wildman–Crippen LogP) is 3.63. The van der Waals surface area contributed by atoms with Gasteiger partial charge in [0, 0.05) is 12.6 Å². The van der Waals surface area contributed by atoms with Crippen LogP contribution in [0.4, 0.5) is 5.82 Å². The molecule has 0 bridgehead atoms. The van der Waals surface area contributed by atoms with Gasteiger partial charge in [-0.15, -0.1) is 0 Å². The zero-order valence-electron chi connectivity index (χ0n) is 11.9. The molecule has 2 aliphatic rings. The normalized spacial score (nSPS) is 27.3. The van der Waals surface area contributed by atoms with Gasteiger partial charge in [-0.1, -0.05) is 33.6 Å². The number of rotatable bonds is 1. The lowest BCUT2D eigenvalue weighted by Crippen LogP contribution is -2.35. The Bertz CT molecular complexity index is 427. The summed E-state index contributed by atoms with van der Waals surface area (Å²) in [5, 5.41) is 8.44. The van der Waals surface area contributed by atoms with Crippen molar-refractivity contribution in [2.45, 2.75) is 58.9 Å². The molecule has 1 aliphatic heterocycles. The van der Waals surface area contributed by atoms with Crippen LogP contribution in [0.1, 0.15) is 58.2 Å². The van der Waals surface area contributed by atoms with Gasteiger partial charge < -0.3 is 5.32 Å². The van der Waals surface area contributed by atoms with Crippen LogP contribution in [0.3, 0.4) is 0 Å². The van der Waals surface area contributed by atoms with E-state index in [2.05, 4.69) is 36.8 Å². The standard InChI is InChI=1S/C15H25N3/c1-15(2,3)9-12-8-14-16-10-11-6-4-5-7-13(11)18(14)17-12/h8,11,13,16H,4-7,9-10H2,1-3H3. The summed E-state index contributed by atoms with van der Waals surface area (Å²) >= 11 is 0. The maximum absolute atomic E-state index is 4.87. The fourth-order valence-corrected chi connectivity index (χ4v) is 3.44. The van der Waals surface area contributed by atoms with Crippen LogP contribution in [0, 0.1) is 11.3 Å². The number of nitrogens with zero attached hydrogens (tertiary/aromatic N) is 2. The van der Waals surface area contributed by atoms with E-state index in [4.69, 9.17) is 5.10 Å². The Morgan fingerprint density at radius 3 is 2.89 bits per heavy atom. The van der Waals surface area contributed by atoms with Gasteiger partial charge in [0.1, 0.15) is 5.82 Å². The van der Waals surface area contributed by atoms with Crippen LogP contribution in [0.15, 0.2) is 6.07 Å². The van der Waals surface area contributed by atoms with Gasteiger partial charge in [-0.05, 0) is 30.6 Å². The third-order valence-corrected chi connectivity index (χ3v) is 4.23. The molecule has 0 spiro atoms. The quantitative estimate of drug-likeness (QED) is 0.821. The number of anilines is 1. The monoisotopic (exact) mass is 247 g/mol. The molecule has 0 radical (unpaired) electrons. The summed E-state index contributed by atoms with van der Waals surface area (Å²) in [5.41, 5.74) is 1.56. The lowest BCUT2D eigenvalue weighted by molar-refractivity contribution is 0.221. The molecule has 0 saturated heterocycles. The van der Waals surface area contributed by atoms with Crippen LogP contribution < -0.4 is 5.32 Å². The Morgan fingerprint density at radius 1 is 1.33 bits per heavy atom. The van der Waals surface area contributed by atoms with Gasteiger partial charge in [0.15, 0.2) is 0 Å². The van der Waals surface area contributed by atoms with Crippen molar-refractivity contribution in [1.29, 1.82) is 0 Å². The van der Waals surface area contributed by atoms with Gasteiger partial charge >= 0.3 is 0 Å². The average Bonchev–Trinajstić information content (AvgIpc) is 2.69. The first-order valence-corrected chi connectivity index (χ1v) is 7.35. The van der Waals surface area contributed by atoms with Crippen molar-refractivity contribution in [2.24, 2.45) is 11.3 Å². The molecular weight excluding hydrogens is 222 g/mol. The van der Waals surface area contributed by atoms with E-state index in [9.17, 15) is 0 Å². The van der Waals surface area contributed by atoms with Gasteiger partial charge in [0.05, 0.1) is 11.7 Å². The highest BCUT2D eigenvalue weighted by atomic mass is 15.4. The predicted molar refractivity (Wildman–Crippen MR) is 74.9 cm³/mol.